The third kappa shape index (κ3) is 4.02. The third-order valence-electron chi connectivity index (χ3n) is 6.91. The average molecular weight is 560 g/mol. The van der Waals surface area contributed by atoms with Crippen molar-refractivity contribution in [2.24, 2.45) is 0 Å². The zero-order chi connectivity index (χ0) is 27.6. The summed E-state index contributed by atoms with van der Waals surface area (Å²) in [4.78, 5) is 31.4. The maximum atomic E-state index is 13.5. The molecular formula is C30H19Cl2NO6. The number of halogens is 2. The first-order chi connectivity index (χ1) is 18.6. The van der Waals surface area contributed by atoms with Crippen LogP contribution in [0, 0.1) is 13.8 Å². The Balaban J connectivity index is 1.74. The van der Waals surface area contributed by atoms with Crippen molar-refractivity contribution in [3.8, 4) is 11.5 Å². The monoisotopic (exact) mass is 559 g/mol. The van der Waals surface area contributed by atoms with Crippen LogP contribution in [0.4, 0.5) is 0 Å². The molecule has 7 nitrogen and oxygen atoms in total. The van der Waals surface area contributed by atoms with Crippen LogP contribution in [0.15, 0.2) is 79.2 Å². The van der Waals surface area contributed by atoms with E-state index in [9.17, 15) is 19.8 Å². The molecule has 3 aromatic carbocycles. The first-order valence-corrected chi connectivity index (χ1v) is 12.7. The van der Waals surface area contributed by atoms with Gasteiger partial charge in [-0.3, -0.25) is 4.98 Å². The normalized spacial score (nSPS) is 11.7. The molecule has 9 heteroatoms. The molecule has 3 heterocycles. The van der Waals surface area contributed by atoms with Gasteiger partial charge >= 0.3 is 11.3 Å². The summed E-state index contributed by atoms with van der Waals surface area (Å²) in [6, 6.07) is 15.1. The summed E-state index contributed by atoms with van der Waals surface area (Å²) in [5.41, 5.74) is 0.194. The lowest BCUT2D eigenvalue weighted by Gasteiger charge is -2.20. The Morgan fingerprint density at radius 1 is 0.769 bits per heavy atom. The number of rotatable bonds is 3. The molecule has 0 spiro atoms. The van der Waals surface area contributed by atoms with Crippen molar-refractivity contribution in [2.45, 2.75) is 19.8 Å². The summed E-state index contributed by atoms with van der Waals surface area (Å²) >= 11 is 12.6. The Morgan fingerprint density at radius 3 is 1.82 bits per heavy atom. The number of aromatic hydroxyl groups is 2. The molecule has 0 saturated carbocycles. The number of nitrogens with zero attached hydrogens (tertiary/aromatic N) is 1. The van der Waals surface area contributed by atoms with E-state index in [1.807, 2.05) is 24.3 Å². The highest BCUT2D eigenvalue weighted by Gasteiger charge is 2.33. The first kappa shape index (κ1) is 25.0. The van der Waals surface area contributed by atoms with Gasteiger partial charge in [0.05, 0.1) is 33.3 Å². The standard InChI is InChI=1S/C30H19Cl2NO6/c1-13-7-22-17(10-19(13)31)27(34)25(29(36)38-22)24(16-9-15-5-3-4-6-21(15)33-12-16)26-28(35)18-11-20(32)14(2)8-23(18)39-30(26)37/h3-12,24,34-35H,1-2H3. The van der Waals surface area contributed by atoms with Crippen molar-refractivity contribution in [1.29, 1.82) is 0 Å². The van der Waals surface area contributed by atoms with E-state index in [-0.39, 0.29) is 33.1 Å². The Kier molecular flexibility index (Phi) is 5.86. The summed E-state index contributed by atoms with van der Waals surface area (Å²) in [7, 11) is 0. The molecule has 6 aromatic rings. The number of hydrogen-bond acceptors (Lipinski definition) is 7. The van der Waals surface area contributed by atoms with Gasteiger partial charge in [0.2, 0.25) is 0 Å². The molecule has 0 fully saturated rings. The maximum Gasteiger partial charge on any atom is 0.344 e. The molecular weight excluding hydrogens is 541 g/mol. The van der Waals surface area contributed by atoms with Gasteiger partial charge in [-0.25, -0.2) is 9.59 Å². The predicted molar refractivity (Wildman–Crippen MR) is 150 cm³/mol. The molecule has 194 valence electrons. The molecule has 0 atom stereocenters. The van der Waals surface area contributed by atoms with Crippen LogP contribution in [0.2, 0.25) is 10.0 Å². The van der Waals surface area contributed by atoms with E-state index in [1.165, 1.54) is 18.3 Å². The van der Waals surface area contributed by atoms with Crippen molar-refractivity contribution in [3.63, 3.8) is 0 Å². The van der Waals surface area contributed by atoms with E-state index in [2.05, 4.69) is 4.98 Å². The zero-order valence-electron chi connectivity index (χ0n) is 20.6. The minimum absolute atomic E-state index is 0.121. The maximum absolute atomic E-state index is 13.5. The highest BCUT2D eigenvalue weighted by atomic mass is 35.5. The molecule has 0 aliphatic rings. The lowest BCUT2D eigenvalue weighted by Crippen LogP contribution is -2.21. The Morgan fingerprint density at radius 2 is 1.28 bits per heavy atom. The van der Waals surface area contributed by atoms with Crippen LogP contribution in [0.1, 0.15) is 33.7 Å². The number of benzene rings is 3. The number of para-hydroxylation sites is 1. The second kappa shape index (κ2) is 9.15. The van der Waals surface area contributed by atoms with E-state index >= 15 is 0 Å². The zero-order valence-corrected chi connectivity index (χ0v) is 22.1. The second-order valence-electron chi connectivity index (χ2n) is 9.39. The summed E-state index contributed by atoms with van der Waals surface area (Å²) in [5, 5.41) is 24.7. The van der Waals surface area contributed by atoms with Crippen LogP contribution in [0.3, 0.4) is 0 Å². The van der Waals surface area contributed by atoms with Crippen LogP contribution in [-0.2, 0) is 0 Å². The Labute approximate surface area is 230 Å². The van der Waals surface area contributed by atoms with Crippen LogP contribution < -0.4 is 11.3 Å². The lowest BCUT2D eigenvalue weighted by molar-refractivity contribution is 0.441. The van der Waals surface area contributed by atoms with Gasteiger partial charge in [-0.1, -0.05) is 41.4 Å². The van der Waals surface area contributed by atoms with Crippen LogP contribution in [0.25, 0.3) is 32.8 Å². The molecule has 0 aliphatic carbocycles. The van der Waals surface area contributed by atoms with E-state index in [0.717, 1.165) is 0 Å². The van der Waals surface area contributed by atoms with E-state index < -0.39 is 28.7 Å². The minimum atomic E-state index is -1.32. The number of fused-ring (bicyclic) bond motifs is 3. The van der Waals surface area contributed by atoms with Crippen molar-refractivity contribution in [2.75, 3.05) is 0 Å². The molecule has 0 amide bonds. The molecule has 0 unspecified atom stereocenters. The Hall–Kier alpha value is -4.33. The highest BCUT2D eigenvalue weighted by Crippen LogP contribution is 2.43. The lowest BCUT2D eigenvalue weighted by atomic mass is 9.85. The van der Waals surface area contributed by atoms with E-state index in [1.54, 1.807) is 32.0 Å². The molecule has 0 radical (unpaired) electrons. The molecule has 0 aliphatic heterocycles. The number of pyridine rings is 1. The third-order valence-corrected chi connectivity index (χ3v) is 7.72. The largest absolute Gasteiger partial charge is 0.507 e. The van der Waals surface area contributed by atoms with Gasteiger partial charge in [-0.15, -0.1) is 0 Å². The van der Waals surface area contributed by atoms with Gasteiger partial charge in [0.15, 0.2) is 0 Å². The van der Waals surface area contributed by atoms with Crippen molar-refractivity contribution in [1.82, 2.24) is 4.98 Å². The molecule has 0 bridgehead atoms. The second-order valence-corrected chi connectivity index (χ2v) is 10.2. The van der Waals surface area contributed by atoms with Gasteiger partial charge in [0, 0.05) is 21.6 Å². The van der Waals surface area contributed by atoms with Crippen LogP contribution in [0.5, 0.6) is 11.5 Å². The minimum Gasteiger partial charge on any atom is -0.507 e. The fraction of sp³-hybridized carbons (Fsp3) is 0.100. The quantitative estimate of drug-likeness (QED) is 0.225. The number of aryl methyl sites for hydroxylation is 2. The SMILES string of the molecule is Cc1cc2oc(=O)c(C(c3cnc4ccccc4c3)c3c(O)c4cc(Cl)c(C)cc4oc3=O)c(O)c2cc1Cl. The first-order valence-electron chi connectivity index (χ1n) is 11.9. The highest BCUT2D eigenvalue weighted by molar-refractivity contribution is 6.32. The number of hydrogen-bond donors (Lipinski definition) is 2. The smallest absolute Gasteiger partial charge is 0.344 e. The molecule has 2 N–H and O–H groups in total. The summed E-state index contributed by atoms with van der Waals surface area (Å²) < 4.78 is 11.2. The van der Waals surface area contributed by atoms with Gasteiger partial charge in [0.25, 0.3) is 0 Å². The molecule has 6 rings (SSSR count). The molecule has 0 saturated heterocycles. The van der Waals surface area contributed by atoms with Gasteiger partial charge in [-0.2, -0.15) is 0 Å². The van der Waals surface area contributed by atoms with Crippen LogP contribution >= 0.6 is 23.2 Å². The summed E-state index contributed by atoms with van der Waals surface area (Å²) in [6.45, 7) is 3.48. The summed E-state index contributed by atoms with van der Waals surface area (Å²) in [6.07, 6.45) is 1.48. The fourth-order valence-electron chi connectivity index (χ4n) is 4.87. The number of aromatic nitrogens is 1. The van der Waals surface area contributed by atoms with Crippen molar-refractivity contribution in [3.05, 3.63) is 119 Å². The Bertz CT molecular complexity index is 1990. The predicted octanol–water partition coefficient (Wildman–Crippen LogP) is 6.96. The average Bonchev–Trinajstić information content (AvgIpc) is 2.90. The van der Waals surface area contributed by atoms with Gasteiger partial charge in [-0.05, 0) is 66.9 Å². The molecule has 3 aromatic heterocycles. The van der Waals surface area contributed by atoms with Crippen molar-refractivity contribution >= 4 is 56.0 Å². The topological polar surface area (TPSA) is 114 Å². The fourth-order valence-corrected chi connectivity index (χ4v) is 5.20. The molecule has 39 heavy (non-hydrogen) atoms. The summed E-state index contributed by atoms with van der Waals surface area (Å²) in [5.74, 6) is -2.20. The van der Waals surface area contributed by atoms with Crippen LogP contribution in [-0.4, -0.2) is 15.2 Å². The van der Waals surface area contributed by atoms with E-state index in [4.69, 9.17) is 32.0 Å². The van der Waals surface area contributed by atoms with Crippen molar-refractivity contribution < 1.29 is 19.0 Å². The van der Waals surface area contributed by atoms with Gasteiger partial charge < -0.3 is 19.0 Å². The van der Waals surface area contributed by atoms with E-state index in [0.29, 0.717) is 37.6 Å². The van der Waals surface area contributed by atoms with Gasteiger partial charge in [0.1, 0.15) is 22.7 Å².